The zero-order valence-electron chi connectivity index (χ0n) is 32.7. The van der Waals surface area contributed by atoms with Crippen molar-refractivity contribution >= 4 is 42.4 Å². The van der Waals surface area contributed by atoms with E-state index in [0.717, 1.165) is 0 Å². The van der Waals surface area contributed by atoms with Crippen LogP contribution in [-0.2, 0) is 17.1 Å². The van der Waals surface area contributed by atoms with Crippen LogP contribution in [0.15, 0.2) is 146 Å². The van der Waals surface area contributed by atoms with Gasteiger partial charge in [-0.25, -0.2) is 12.1 Å². The van der Waals surface area contributed by atoms with E-state index in [1.54, 1.807) is 0 Å². The van der Waals surface area contributed by atoms with Crippen LogP contribution in [-0.4, -0.2) is 0 Å². The normalized spacial score (nSPS) is 11.6. The fraction of sp³-hybridized carbons (Fsp3) is 0.200. The second-order valence-electron chi connectivity index (χ2n) is 14.6. The van der Waals surface area contributed by atoms with Crippen molar-refractivity contribution in [1.82, 2.24) is 0 Å². The van der Waals surface area contributed by atoms with Crippen molar-refractivity contribution in [3.8, 4) is 11.1 Å². The van der Waals surface area contributed by atoms with Gasteiger partial charge < -0.3 is 0 Å². The Kier molecular flexibility index (Phi) is 13.7. The van der Waals surface area contributed by atoms with Crippen LogP contribution in [0.25, 0.3) is 11.1 Å². The smallest absolute Gasteiger partial charge is 0.214 e. The molecule has 0 heterocycles. The van der Waals surface area contributed by atoms with Crippen molar-refractivity contribution in [3.05, 3.63) is 196 Å². The first-order valence-corrected chi connectivity index (χ1v) is 21.2. The molecule has 0 unspecified atom stereocenters. The Morgan fingerprint density at radius 3 is 1.26 bits per heavy atom. The number of aryl methyl sites for hydroxylation is 8. The summed E-state index contributed by atoms with van der Waals surface area (Å²) in [7, 11) is -1.44. The van der Waals surface area contributed by atoms with E-state index in [0.29, 0.717) is 5.66 Å². The first-order valence-electron chi connectivity index (χ1n) is 18.4. The van der Waals surface area contributed by atoms with Crippen LogP contribution >= 0.6 is 15.8 Å². The van der Waals surface area contributed by atoms with Crippen LogP contribution in [0.2, 0.25) is 0 Å². The summed E-state index contributed by atoms with van der Waals surface area (Å²) in [6.45, 7) is 20.4. The van der Waals surface area contributed by atoms with Gasteiger partial charge in [0.05, 0.1) is 0 Å². The molecule has 7 aromatic carbocycles. The third kappa shape index (κ3) is 9.84. The van der Waals surface area contributed by atoms with Gasteiger partial charge in [0.15, 0.2) is 0 Å². The minimum Gasteiger partial charge on any atom is -0.214 e. The Balaban J connectivity index is 0.000000833. The summed E-state index contributed by atoms with van der Waals surface area (Å²) in [6, 6.07) is 54.9. The van der Waals surface area contributed by atoms with Crippen molar-refractivity contribution < 1.29 is 17.1 Å². The number of hydrogen-bond acceptors (Lipinski definition) is 0. The molecule has 0 aliphatic heterocycles. The van der Waals surface area contributed by atoms with Crippen molar-refractivity contribution in [1.29, 1.82) is 0 Å². The molecule has 7 aromatic rings. The topological polar surface area (TPSA) is 0 Å². The quantitative estimate of drug-likeness (QED) is 0.0820. The van der Waals surface area contributed by atoms with Gasteiger partial charge in [-0.2, -0.15) is 30.3 Å². The minimum atomic E-state index is -0.783. The predicted octanol–water partition coefficient (Wildman–Crippen LogP) is 11.9. The standard InChI is InChI=1S/C45H47P2.C5H5.Fe/c1-29-17-30(2)22-38(21-29)46(39-23-31(3)18-32(4)24-39)37(9)42-14-12-15-43(42)44-13-10-11-16-45(44)47(40-25-33(5)19-34(6)26-40)41-27-35(7)20-36(8)28-41;1-2-4-5-3-1;/h10-28,37H,1-9H3;1-5H;/q2*-1;+2/t37-;;/m0../s1. The Hall–Kier alpha value is -3.82. The zero-order chi connectivity index (χ0) is 36.9. The van der Waals surface area contributed by atoms with Gasteiger partial charge in [0.25, 0.3) is 0 Å². The molecule has 270 valence electrons. The number of benzene rings is 5. The fourth-order valence-corrected chi connectivity index (χ4v) is 13.7. The maximum absolute atomic E-state index is 2.47. The van der Waals surface area contributed by atoms with E-state index in [4.69, 9.17) is 0 Å². The minimum absolute atomic E-state index is 0. The molecule has 53 heavy (non-hydrogen) atoms. The third-order valence-corrected chi connectivity index (χ3v) is 14.7. The molecule has 0 aliphatic rings. The third-order valence-electron chi connectivity index (χ3n) is 9.58. The fourth-order valence-electron chi connectivity index (χ4n) is 7.76. The summed E-state index contributed by atoms with van der Waals surface area (Å²) in [5.41, 5.74) is 15.2. The van der Waals surface area contributed by atoms with Gasteiger partial charge in [-0.15, -0.1) is 17.2 Å². The maximum Gasteiger partial charge on any atom is 2.00 e. The van der Waals surface area contributed by atoms with E-state index < -0.39 is 15.8 Å². The Morgan fingerprint density at radius 2 is 0.868 bits per heavy atom. The van der Waals surface area contributed by atoms with Crippen LogP contribution in [0.5, 0.6) is 0 Å². The van der Waals surface area contributed by atoms with E-state index >= 15 is 0 Å². The van der Waals surface area contributed by atoms with Crippen LogP contribution in [0.3, 0.4) is 0 Å². The van der Waals surface area contributed by atoms with Crippen LogP contribution in [0.1, 0.15) is 62.7 Å². The predicted molar refractivity (Wildman–Crippen MR) is 234 cm³/mol. The van der Waals surface area contributed by atoms with Crippen molar-refractivity contribution in [2.75, 3.05) is 0 Å². The first-order chi connectivity index (χ1) is 25.0. The van der Waals surface area contributed by atoms with Crippen LogP contribution < -0.4 is 26.5 Å². The average molecular weight is 771 g/mol. The summed E-state index contributed by atoms with van der Waals surface area (Å²) in [5, 5.41) is 7.19. The number of hydrogen-bond donors (Lipinski definition) is 0. The molecule has 0 aliphatic carbocycles. The number of rotatable bonds is 8. The van der Waals surface area contributed by atoms with Crippen molar-refractivity contribution in [2.45, 2.75) is 68.0 Å². The van der Waals surface area contributed by atoms with Gasteiger partial charge >= 0.3 is 17.1 Å². The summed E-state index contributed by atoms with van der Waals surface area (Å²) in [6.07, 6.45) is 0. The molecule has 0 nitrogen and oxygen atoms in total. The zero-order valence-corrected chi connectivity index (χ0v) is 35.6. The summed E-state index contributed by atoms with van der Waals surface area (Å²) in [5.74, 6) is 0. The summed E-state index contributed by atoms with van der Waals surface area (Å²) < 4.78 is 0. The molecule has 0 saturated carbocycles. The SMILES string of the molecule is Cc1cc(C)cc(P(c2cc(C)cc(C)c2)c2ccccc2-c2ccc[c-]2[C@H](C)P(c2cc(C)cc(C)c2)c2cc(C)cc(C)c2)c1.[Fe+2].c1cc[cH-]c1. The van der Waals surface area contributed by atoms with E-state index in [9.17, 15) is 0 Å². The molecule has 0 aromatic heterocycles. The van der Waals surface area contributed by atoms with Gasteiger partial charge in [0, 0.05) is 0 Å². The molecule has 0 spiro atoms. The summed E-state index contributed by atoms with van der Waals surface area (Å²) in [4.78, 5) is 0. The molecular formula is C50H52FeP2. The molecule has 0 amide bonds. The monoisotopic (exact) mass is 770 g/mol. The average Bonchev–Trinajstić information content (AvgIpc) is 3.80. The Bertz CT molecular complexity index is 2070. The van der Waals surface area contributed by atoms with Gasteiger partial charge in [-0.3, -0.25) is 0 Å². The van der Waals surface area contributed by atoms with E-state index in [-0.39, 0.29) is 17.1 Å². The molecule has 1 atom stereocenters. The van der Waals surface area contributed by atoms with Crippen LogP contribution in [0, 0.1) is 55.4 Å². The molecule has 0 radical (unpaired) electrons. The second kappa shape index (κ2) is 18.0. The Labute approximate surface area is 332 Å². The largest absolute Gasteiger partial charge is 2.00 e. The molecule has 0 N–H and O–H groups in total. The molecule has 3 heteroatoms. The van der Waals surface area contributed by atoms with Crippen molar-refractivity contribution in [2.24, 2.45) is 0 Å². The molecule has 0 bridgehead atoms. The molecular weight excluding hydrogens is 718 g/mol. The molecule has 0 saturated heterocycles. The van der Waals surface area contributed by atoms with E-state index in [1.165, 1.54) is 87.7 Å². The van der Waals surface area contributed by atoms with E-state index in [2.05, 4.69) is 178 Å². The first kappa shape index (κ1) is 40.4. The van der Waals surface area contributed by atoms with Gasteiger partial charge in [0.2, 0.25) is 0 Å². The van der Waals surface area contributed by atoms with E-state index in [1.807, 2.05) is 30.3 Å². The molecule has 7 rings (SSSR count). The van der Waals surface area contributed by atoms with Gasteiger partial charge in [-0.05, 0) is 103 Å². The van der Waals surface area contributed by atoms with Crippen LogP contribution in [0.4, 0.5) is 0 Å². The summed E-state index contributed by atoms with van der Waals surface area (Å²) >= 11 is 0. The second-order valence-corrected chi connectivity index (χ2v) is 19.4. The van der Waals surface area contributed by atoms with Gasteiger partial charge in [-0.1, -0.05) is 154 Å². The van der Waals surface area contributed by atoms with Crippen molar-refractivity contribution in [3.63, 3.8) is 0 Å². The maximum atomic E-state index is 2.47. The Morgan fingerprint density at radius 1 is 0.472 bits per heavy atom. The molecule has 0 fully saturated rings. The van der Waals surface area contributed by atoms with Gasteiger partial charge in [0.1, 0.15) is 0 Å².